The van der Waals surface area contributed by atoms with Crippen LogP contribution in [0, 0.1) is 17.8 Å². The van der Waals surface area contributed by atoms with Gasteiger partial charge in [0.2, 0.25) is 0 Å². The standard InChI is InChI=1S/C34H54O17/c35-17-9-21(38)18-11-26(29(49-25(18)10-17)16-3-5-20(37)23(40)8-16)50-32-30(28(43)24(41)12-46-32)51-33-31(44)34(45,14-48-33)13-47-27(42)6-2-15-1-4-19(36)22(39)7-15/h2,6,15-26,28-33,35-41,43-45H,1,3-5,7-14H2/p+1/t15?,16?,17?,18?,19?,20?,21?,22?,23?,24-,25?,26?,28+,29?,30-,31+,32+,33+,34-/m1/s1. The Labute approximate surface area is 295 Å². The minimum atomic E-state index is -2.09. The summed E-state index contributed by atoms with van der Waals surface area (Å²) in [6.45, 7) is -1.49. The van der Waals surface area contributed by atoms with E-state index in [0.717, 1.165) is 6.08 Å². The van der Waals surface area contributed by atoms with Gasteiger partial charge in [0.1, 0.15) is 37.1 Å². The zero-order valence-corrected chi connectivity index (χ0v) is 28.4. The Morgan fingerprint density at radius 3 is 2.22 bits per heavy atom. The molecule has 0 bridgehead atoms. The third-order valence-corrected chi connectivity index (χ3v) is 11.7. The van der Waals surface area contributed by atoms with E-state index in [2.05, 4.69) is 0 Å². The monoisotopic (exact) mass is 735 g/mol. The number of fused-ring (bicyclic) bond motifs is 1. The normalized spacial score (nSPS) is 50.9. The van der Waals surface area contributed by atoms with Crippen LogP contribution in [-0.2, 0) is 28.5 Å². The number of aliphatic hydroxyl groups excluding tert-OH is 9. The van der Waals surface area contributed by atoms with E-state index in [1.807, 2.05) is 0 Å². The Bertz CT molecular complexity index is 1190. The molecule has 6 fully saturated rings. The smallest absolute Gasteiger partial charge is 0.330 e. The average Bonchev–Trinajstić information content (AvgIpc) is 3.37. The number of aliphatic hydroxyl groups is 12. The van der Waals surface area contributed by atoms with Crippen LogP contribution in [0.25, 0.3) is 0 Å². The number of ether oxygens (including phenoxy) is 6. The molecule has 0 aromatic carbocycles. The molecule has 3 heterocycles. The summed E-state index contributed by atoms with van der Waals surface area (Å²) in [5, 5.41) is 105. The number of carbonyl (C=O) groups is 1. The molecule has 11 N–H and O–H groups in total. The largest absolute Gasteiger partial charge is 0.459 e. The summed E-state index contributed by atoms with van der Waals surface area (Å²) >= 11 is 0. The molecule has 0 aromatic rings. The maximum atomic E-state index is 12.4. The molecule has 0 amide bonds. The first-order valence-corrected chi connectivity index (χ1v) is 18.2. The summed E-state index contributed by atoms with van der Waals surface area (Å²) < 4.78 is 33.9. The molecular weight excluding hydrogens is 680 g/mol. The SMILES string of the molecule is O=C(C=CC1CCC(O)C(O)C1)OC[C@@]1(O)CO[C@@H](O[C@H]2[C@H](OC3CC4C(O)CC(O)CC4[OH+]C3C3CCC(O)C(O)C3)OC[C@@H](O)[C@@H]2O)[C@@H]1O. The minimum Gasteiger partial charge on any atom is -0.459 e. The van der Waals surface area contributed by atoms with Gasteiger partial charge in [0.05, 0.1) is 55.8 Å². The molecule has 0 radical (unpaired) electrons. The Morgan fingerprint density at radius 1 is 0.765 bits per heavy atom. The van der Waals surface area contributed by atoms with Crippen molar-refractivity contribution < 1.29 is 84.3 Å². The molecule has 3 saturated heterocycles. The predicted molar refractivity (Wildman–Crippen MR) is 170 cm³/mol. The molecule has 19 atom stereocenters. The molecule has 17 heteroatoms. The van der Waals surface area contributed by atoms with Crippen molar-refractivity contribution in [1.29, 1.82) is 0 Å². The lowest BCUT2D eigenvalue weighted by Crippen LogP contribution is -2.62. The van der Waals surface area contributed by atoms with Crippen LogP contribution in [0.15, 0.2) is 12.2 Å². The van der Waals surface area contributed by atoms with Crippen molar-refractivity contribution in [2.24, 2.45) is 17.8 Å². The lowest BCUT2D eigenvalue weighted by Gasteiger charge is -2.48. The summed E-state index contributed by atoms with van der Waals surface area (Å²) in [6, 6.07) is 0. The molecule has 12 unspecified atom stereocenters. The summed E-state index contributed by atoms with van der Waals surface area (Å²) in [4.78, 5) is 12.4. The van der Waals surface area contributed by atoms with Gasteiger partial charge in [-0.3, -0.25) is 0 Å². The molecule has 0 spiro atoms. The van der Waals surface area contributed by atoms with E-state index >= 15 is 0 Å². The highest BCUT2D eigenvalue weighted by Gasteiger charge is 2.56. The topological polar surface area (TPSA) is 278 Å². The van der Waals surface area contributed by atoms with E-state index in [-0.39, 0.29) is 49.7 Å². The molecule has 3 aliphatic heterocycles. The van der Waals surface area contributed by atoms with Gasteiger partial charge in [0, 0.05) is 24.8 Å². The number of hydrogen-bond donors (Lipinski definition) is 10. The number of rotatable bonds is 9. The second kappa shape index (κ2) is 16.5. The zero-order chi connectivity index (χ0) is 36.6. The van der Waals surface area contributed by atoms with Crippen LogP contribution < -0.4 is 0 Å². The number of allylic oxidation sites excluding steroid dienone is 1. The quantitative estimate of drug-likeness (QED) is 0.0618. The highest BCUT2D eigenvalue weighted by atomic mass is 16.8. The van der Waals surface area contributed by atoms with E-state index in [1.165, 1.54) is 0 Å². The van der Waals surface area contributed by atoms with Crippen molar-refractivity contribution in [3.8, 4) is 0 Å². The fourth-order valence-corrected chi connectivity index (χ4v) is 8.55. The van der Waals surface area contributed by atoms with Crippen molar-refractivity contribution in [3.05, 3.63) is 12.2 Å². The summed E-state index contributed by atoms with van der Waals surface area (Å²) in [7, 11) is 0. The molecular formula is C34H55O17+. The van der Waals surface area contributed by atoms with Gasteiger partial charge in [0.15, 0.2) is 30.4 Å². The first-order valence-electron chi connectivity index (χ1n) is 18.2. The van der Waals surface area contributed by atoms with Crippen LogP contribution in [0.5, 0.6) is 0 Å². The second-order valence-electron chi connectivity index (χ2n) is 15.4. The summed E-state index contributed by atoms with van der Waals surface area (Å²) in [6.07, 6.45) is -9.84. The third kappa shape index (κ3) is 8.95. The Kier molecular flexibility index (Phi) is 12.8. The second-order valence-corrected chi connectivity index (χ2v) is 15.4. The van der Waals surface area contributed by atoms with Crippen molar-refractivity contribution >= 4 is 5.97 Å². The van der Waals surface area contributed by atoms with Crippen LogP contribution in [-0.4, -0.2) is 179 Å². The fraction of sp³-hybridized carbons (Fsp3) is 0.912. The van der Waals surface area contributed by atoms with Crippen LogP contribution >= 0.6 is 0 Å². The fourth-order valence-electron chi connectivity index (χ4n) is 8.55. The highest BCUT2D eigenvalue weighted by Crippen LogP contribution is 2.42. The van der Waals surface area contributed by atoms with E-state index < -0.39 is 111 Å². The van der Waals surface area contributed by atoms with Gasteiger partial charge < -0.3 is 79.5 Å². The van der Waals surface area contributed by atoms with Crippen molar-refractivity contribution in [1.82, 2.24) is 0 Å². The first kappa shape index (κ1) is 39.3. The Hall–Kier alpha value is -1.39. The van der Waals surface area contributed by atoms with E-state index in [4.69, 9.17) is 28.4 Å². The van der Waals surface area contributed by atoms with Crippen LogP contribution in [0.1, 0.15) is 57.8 Å². The summed E-state index contributed by atoms with van der Waals surface area (Å²) in [5.41, 5.74) is -2.09. The van der Waals surface area contributed by atoms with Crippen LogP contribution in [0.2, 0.25) is 0 Å². The van der Waals surface area contributed by atoms with E-state index in [0.29, 0.717) is 38.5 Å². The van der Waals surface area contributed by atoms with Gasteiger partial charge in [0.25, 0.3) is 0 Å². The van der Waals surface area contributed by atoms with Crippen molar-refractivity contribution in [2.75, 3.05) is 19.8 Å². The van der Waals surface area contributed by atoms with Gasteiger partial charge in [-0.05, 0) is 50.9 Å². The molecule has 6 rings (SSSR count). The predicted octanol–water partition coefficient (Wildman–Crippen LogP) is -3.77. The van der Waals surface area contributed by atoms with Crippen LogP contribution in [0.4, 0.5) is 0 Å². The lowest BCUT2D eigenvalue weighted by atomic mass is 9.72. The molecule has 0 aromatic heterocycles. The molecule has 292 valence electrons. The van der Waals surface area contributed by atoms with Gasteiger partial charge in [-0.1, -0.05) is 6.08 Å². The number of hydrogen-bond acceptors (Lipinski definition) is 16. The minimum absolute atomic E-state index is 0.145. The Balaban J connectivity index is 1.10. The van der Waals surface area contributed by atoms with Gasteiger partial charge >= 0.3 is 5.97 Å². The lowest BCUT2D eigenvalue weighted by molar-refractivity contribution is -0.359. The van der Waals surface area contributed by atoms with E-state index in [9.17, 15) is 55.9 Å². The first-order chi connectivity index (χ1) is 24.2. The molecule has 3 aliphatic carbocycles. The molecule has 17 nitrogen and oxygen atoms in total. The van der Waals surface area contributed by atoms with Gasteiger partial charge in [-0.25, -0.2) is 4.79 Å². The van der Waals surface area contributed by atoms with Gasteiger partial charge in [-0.15, -0.1) is 0 Å². The maximum absolute atomic E-state index is 12.4. The zero-order valence-electron chi connectivity index (χ0n) is 28.4. The van der Waals surface area contributed by atoms with Crippen LogP contribution in [0.3, 0.4) is 0 Å². The van der Waals surface area contributed by atoms with Crippen molar-refractivity contribution in [2.45, 2.75) is 155 Å². The number of esters is 1. The Morgan fingerprint density at radius 2 is 1.49 bits per heavy atom. The highest BCUT2D eigenvalue weighted by molar-refractivity contribution is 5.82. The molecule has 51 heavy (non-hydrogen) atoms. The summed E-state index contributed by atoms with van der Waals surface area (Å²) in [5.74, 6) is -1.50. The molecule has 3 saturated carbocycles. The van der Waals surface area contributed by atoms with Gasteiger partial charge in [-0.2, -0.15) is 0 Å². The van der Waals surface area contributed by atoms with Crippen molar-refractivity contribution in [3.63, 3.8) is 0 Å². The average molecular weight is 736 g/mol. The maximum Gasteiger partial charge on any atom is 0.330 e. The molecule has 6 aliphatic rings. The number of carbonyl (C=O) groups excluding carboxylic acids is 1. The van der Waals surface area contributed by atoms with E-state index in [1.54, 1.807) is 6.08 Å². The third-order valence-electron chi connectivity index (χ3n) is 11.7.